The first-order valence-corrected chi connectivity index (χ1v) is 8.24. The third kappa shape index (κ3) is 3.29. The normalized spacial score (nSPS) is 16.2. The lowest BCUT2D eigenvalue weighted by Gasteiger charge is -2.27. The lowest BCUT2D eigenvalue weighted by atomic mass is 9.86. The van der Waals surface area contributed by atoms with Gasteiger partial charge in [-0.05, 0) is 54.7 Å². The van der Waals surface area contributed by atoms with E-state index in [2.05, 4.69) is 5.32 Å². The molecule has 3 rings (SSSR count). The van der Waals surface area contributed by atoms with Crippen LogP contribution in [0.5, 0.6) is 0 Å². The van der Waals surface area contributed by atoms with Crippen LogP contribution in [0.25, 0.3) is 0 Å². The van der Waals surface area contributed by atoms with Crippen LogP contribution in [0.2, 0.25) is 5.02 Å². The molecule has 0 radical (unpaired) electrons. The molecule has 0 saturated carbocycles. The van der Waals surface area contributed by atoms with Crippen molar-refractivity contribution in [3.05, 3.63) is 69.7 Å². The lowest BCUT2D eigenvalue weighted by Crippen LogP contribution is -2.31. The number of nitrogens with one attached hydrogen (secondary N) is 1. The highest BCUT2D eigenvalue weighted by Gasteiger charge is 2.24. The highest BCUT2D eigenvalue weighted by atomic mass is 35.5. The average molecular weight is 344 g/mol. The summed E-state index contributed by atoms with van der Waals surface area (Å²) in [4.78, 5) is 24.3. The summed E-state index contributed by atoms with van der Waals surface area (Å²) >= 11 is 6.10. The Morgan fingerprint density at radius 1 is 1.21 bits per heavy atom. The highest BCUT2D eigenvalue weighted by Crippen LogP contribution is 2.31. The maximum atomic E-state index is 12.5. The Morgan fingerprint density at radius 2 is 2.00 bits per heavy atom. The fourth-order valence-electron chi connectivity index (χ4n) is 3.08. The Bertz CT molecular complexity index is 788. The summed E-state index contributed by atoms with van der Waals surface area (Å²) in [5.41, 5.74) is 3.08. The lowest BCUT2D eigenvalue weighted by molar-refractivity contribution is 0.0600. The Hall–Kier alpha value is -2.33. The van der Waals surface area contributed by atoms with Crippen LogP contribution in [0, 0.1) is 0 Å². The van der Waals surface area contributed by atoms with Crippen molar-refractivity contribution in [2.75, 3.05) is 7.11 Å². The number of halogens is 1. The standard InChI is InChI=1S/C19H18ClNO3/c1-24-19(23)13-10-9-12-5-4-8-17(15(12)11-13)21-18(22)14-6-2-3-7-16(14)20/h2-3,6-7,9-11,17H,4-5,8H2,1H3,(H,21,22). The molecule has 5 heteroatoms. The molecular formula is C19H18ClNO3. The average Bonchev–Trinajstić information content (AvgIpc) is 2.61. The molecule has 1 N–H and O–H groups in total. The monoisotopic (exact) mass is 343 g/mol. The molecule has 1 unspecified atom stereocenters. The molecule has 0 heterocycles. The van der Waals surface area contributed by atoms with Crippen LogP contribution in [0.3, 0.4) is 0 Å². The Balaban J connectivity index is 1.87. The van der Waals surface area contributed by atoms with Crippen LogP contribution >= 0.6 is 11.6 Å². The summed E-state index contributed by atoms with van der Waals surface area (Å²) in [6.07, 6.45) is 2.75. The molecule has 1 atom stereocenters. The first-order valence-electron chi connectivity index (χ1n) is 7.86. The number of methoxy groups -OCH3 is 1. The van der Waals surface area contributed by atoms with E-state index in [4.69, 9.17) is 16.3 Å². The van der Waals surface area contributed by atoms with E-state index < -0.39 is 0 Å². The van der Waals surface area contributed by atoms with Crippen molar-refractivity contribution in [3.63, 3.8) is 0 Å². The molecule has 1 aliphatic rings. The van der Waals surface area contributed by atoms with Crippen LogP contribution in [-0.2, 0) is 11.2 Å². The molecule has 124 valence electrons. The Morgan fingerprint density at radius 3 is 2.75 bits per heavy atom. The van der Waals surface area contributed by atoms with Gasteiger partial charge >= 0.3 is 5.97 Å². The SMILES string of the molecule is COC(=O)c1ccc2c(c1)C(NC(=O)c1ccccc1Cl)CCC2. The van der Waals surface area contributed by atoms with Crippen LogP contribution in [0.1, 0.15) is 50.7 Å². The van der Waals surface area contributed by atoms with Gasteiger partial charge in [0.15, 0.2) is 0 Å². The summed E-state index contributed by atoms with van der Waals surface area (Å²) in [6, 6.07) is 12.4. The zero-order valence-corrected chi connectivity index (χ0v) is 14.1. The van der Waals surface area contributed by atoms with Crippen molar-refractivity contribution < 1.29 is 14.3 Å². The number of benzene rings is 2. The maximum absolute atomic E-state index is 12.5. The number of hydrogen-bond acceptors (Lipinski definition) is 3. The number of hydrogen-bond donors (Lipinski definition) is 1. The largest absolute Gasteiger partial charge is 0.465 e. The zero-order valence-electron chi connectivity index (χ0n) is 13.3. The van der Waals surface area contributed by atoms with Crippen LogP contribution < -0.4 is 5.32 Å². The first kappa shape index (κ1) is 16.5. The Kier molecular flexibility index (Phi) is 4.86. The molecule has 0 aromatic heterocycles. The van der Waals surface area contributed by atoms with Crippen molar-refractivity contribution in [1.29, 1.82) is 0 Å². The third-order valence-corrected chi connectivity index (χ3v) is 4.63. The van der Waals surface area contributed by atoms with Gasteiger partial charge in [0.05, 0.1) is 29.3 Å². The second-order valence-electron chi connectivity index (χ2n) is 5.80. The van der Waals surface area contributed by atoms with E-state index in [0.29, 0.717) is 16.1 Å². The number of carbonyl (C=O) groups excluding carboxylic acids is 2. The topological polar surface area (TPSA) is 55.4 Å². The number of ether oxygens (including phenoxy) is 1. The maximum Gasteiger partial charge on any atom is 0.337 e. The molecule has 4 nitrogen and oxygen atoms in total. The summed E-state index contributed by atoms with van der Waals surface area (Å²) < 4.78 is 4.78. The minimum absolute atomic E-state index is 0.137. The van der Waals surface area contributed by atoms with Crippen molar-refractivity contribution in [2.24, 2.45) is 0 Å². The molecule has 2 aromatic carbocycles. The van der Waals surface area contributed by atoms with Gasteiger partial charge in [0, 0.05) is 0 Å². The van der Waals surface area contributed by atoms with E-state index >= 15 is 0 Å². The molecule has 0 fully saturated rings. The predicted molar refractivity (Wildman–Crippen MR) is 92.4 cm³/mol. The molecule has 1 amide bonds. The zero-order chi connectivity index (χ0) is 17.1. The summed E-state index contributed by atoms with van der Waals surface area (Å²) in [5.74, 6) is -0.582. The quantitative estimate of drug-likeness (QED) is 0.859. The van der Waals surface area contributed by atoms with Gasteiger partial charge < -0.3 is 10.1 Å². The van der Waals surface area contributed by atoms with Crippen molar-refractivity contribution in [3.8, 4) is 0 Å². The van der Waals surface area contributed by atoms with Gasteiger partial charge in [0.25, 0.3) is 5.91 Å². The number of rotatable bonds is 3. The van der Waals surface area contributed by atoms with Crippen molar-refractivity contribution in [1.82, 2.24) is 5.32 Å². The van der Waals surface area contributed by atoms with E-state index in [-0.39, 0.29) is 17.9 Å². The summed E-state index contributed by atoms with van der Waals surface area (Å²) in [6.45, 7) is 0. The minimum Gasteiger partial charge on any atom is -0.465 e. The number of esters is 1. The molecule has 0 spiro atoms. The molecule has 0 saturated heterocycles. The van der Waals surface area contributed by atoms with Gasteiger partial charge in [-0.25, -0.2) is 4.79 Å². The molecule has 24 heavy (non-hydrogen) atoms. The smallest absolute Gasteiger partial charge is 0.337 e. The first-order chi connectivity index (χ1) is 11.6. The van der Waals surface area contributed by atoms with Gasteiger partial charge in [0.1, 0.15) is 0 Å². The van der Waals surface area contributed by atoms with E-state index in [1.54, 1.807) is 30.3 Å². The van der Waals surface area contributed by atoms with Gasteiger partial charge in [-0.3, -0.25) is 4.79 Å². The number of aryl methyl sites for hydroxylation is 1. The molecule has 2 aromatic rings. The van der Waals surface area contributed by atoms with Gasteiger partial charge in [-0.2, -0.15) is 0 Å². The summed E-state index contributed by atoms with van der Waals surface area (Å²) in [5, 5.41) is 3.47. The van der Waals surface area contributed by atoms with Crippen LogP contribution in [0.4, 0.5) is 0 Å². The molecular weight excluding hydrogens is 326 g/mol. The number of fused-ring (bicyclic) bond motifs is 1. The van der Waals surface area contributed by atoms with E-state index in [1.807, 2.05) is 12.1 Å². The Labute approximate surface area is 145 Å². The minimum atomic E-state index is -0.375. The number of amides is 1. The molecule has 0 bridgehead atoms. The molecule has 1 aliphatic carbocycles. The van der Waals surface area contributed by atoms with E-state index in [1.165, 1.54) is 7.11 Å². The fraction of sp³-hybridized carbons (Fsp3) is 0.263. The number of carbonyl (C=O) groups is 2. The van der Waals surface area contributed by atoms with Crippen molar-refractivity contribution >= 4 is 23.5 Å². The van der Waals surface area contributed by atoms with Crippen molar-refractivity contribution in [2.45, 2.75) is 25.3 Å². The third-order valence-electron chi connectivity index (χ3n) is 4.31. The van der Waals surface area contributed by atoms with Crippen LogP contribution in [-0.4, -0.2) is 19.0 Å². The van der Waals surface area contributed by atoms with Crippen LogP contribution in [0.15, 0.2) is 42.5 Å². The van der Waals surface area contributed by atoms with Gasteiger partial charge in [0.2, 0.25) is 0 Å². The fourth-order valence-corrected chi connectivity index (χ4v) is 3.30. The van der Waals surface area contributed by atoms with Gasteiger partial charge in [-0.15, -0.1) is 0 Å². The second kappa shape index (κ2) is 7.05. The van der Waals surface area contributed by atoms with E-state index in [9.17, 15) is 9.59 Å². The highest BCUT2D eigenvalue weighted by molar-refractivity contribution is 6.33. The second-order valence-corrected chi connectivity index (χ2v) is 6.21. The predicted octanol–water partition coefficient (Wildman–Crippen LogP) is 3.93. The van der Waals surface area contributed by atoms with E-state index in [0.717, 1.165) is 30.4 Å². The van der Waals surface area contributed by atoms with Gasteiger partial charge in [-0.1, -0.05) is 29.8 Å². The summed E-state index contributed by atoms with van der Waals surface area (Å²) in [7, 11) is 1.36. The molecule has 0 aliphatic heterocycles.